The number of amides is 1. The van der Waals surface area contributed by atoms with Crippen molar-refractivity contribution in [2.75, 3.05) is 0 Å². The Morgan fingerprint density at radius 2 is 2.13 bits per heavy atom. The van der Waals surface area contributed by atoms with Gasteiger partial charge in [0.05, 0.1) is 0 Å². The number of hydrogen-bond acceptors (Lipinski definition) is 4. The lowest BCUT2D eigenvalue weighted by Gasteiger charge is -2.12. The van der Waals surface area contributed by atoms with Crippen molar-refractivity contribution < 1.29 is 9.63 Å². The zero-order valence-corrected chi connectivity index (χ0v) is 8.53. The second-order valence-electron chi connectivity index (χ2n) is 3.36. The molecule has 1 N–H and O–H groups in total. The molecule has 1 aromatic rings. The summed E-state index contributed by atoms with van der Waals surface area (Å²) < 4.78 is 0. The minimum Gasteiger partial charge on any atom is -0.384 e. The quantitative estimate of drug-likeness (QED) is 0.786. The van der Waals surface area contributed by atoms with Crippen LogP contribution in [0.5, 0.6) is 0 Å². The van der Waals surface area contributed by atoms with Gasteiger partial charge in [-0.2, -0.15) is 0 Å². The molecule has 2 atom stereocenters. The van der Waals surface area contributed by atoms with E-state index in [4.69, 9.17) is 4.84 Å². The Morgan fingerprint density at radius 1 is 1.33 bits per heavy atom. The summed E-state index contributed by atoms with van der Waals surface area (Å²) in [5.74, 6) is 0.638. The maximum atomic E-state index is 11.1. The van der Waals surface area contributed by atoms with E-state index in [9.17, 15) is 4.79 Å². The van der Waals surface area contributed by atoms with Gasteiger partial charge in [0.1, 0.15) is 5.25 Å². The van der Waals surface area contributed by atoms with Gasteiger partial charge in [-0.15, -0.1) is 0 Å². The maximum absolute atomic E-state index is 11.1. The van der Waals surface area contributed by atoms with Gasteiger partial charge in [0.15, 0.2) is 11.9 Å². The van der Waals surface area contributed by atoms with Gasteiger partial charge in [0, 0.05) is 0 Å². The lowest BCUT2D eigenvalue weighted by Crippen LogP contribution is -2.23. The molecule has 76 valence electrons. The van der Waals surface area contributed by atoms with Crippen molar-refractivity contribution in [2.24, 2.45) is 5.16 Å². The molecule has 0 spiro atoms. The molecule has 1 saturated heterocycles. The summed E-state index contributed by atoms with van der Waals surface area (Å²) in [5.41, 5.74) is 1.05. The van der Waals surface area contributed by atoms with Gasteiger partial charge in [-0.05, 0) is 17.3 Å². The highest BCUT2D eigenvalue weighted by atomic mass is 32.2. The number of nitrogens with zero attached hydrogens (tertiary/aromatic N) is 1. The number of hydrogen-bond donors (Lipinski definition) is 1. The smallest absolute Gasteiger partial charge is 0.285 e. The van der Waals surface area contributed by atoms with Crippen LogP contribution >= 0.6 is 11.8 Å². The fourth-order valence-corrected chi connectivity index (χ4v) is 2.64. The van der Waals surface area contributed by atoms with Crippen molar-refractivity contribution in [3.63, 3.8) is 0 Å². The van der Waals surface area contributed by atoms with Crippen LogP contribution in [0.25, 0.3) is 0 Å². The van der Waals surface area contributed by atoms with Crippen molar-refractivity contribution in [3.8, 4) is 0 Å². The van der Waals surface area contributed by atoms with E-state index in [0.717, 1.165) is 5.56 Å². The summed E-state index contributed by atoms with van der Waals surface area (Å²) in [6.45, 7) is 0. The van der Waals surface area contributed by atoms with E-state index < -0.39 is 0 Å². The minimum atomic E-state index is -0.148. The number of fused-ring (bicyclic) bond motifs is 1. The molecule has 4 nitrogen and oxygen atoms in total. The molecule has 0 unspecified atom stereocenters. The zero-order chi connectivity index (χ0) is 10.3. The van der Waals surface area contributed by atoms with Crippen molar-refractivity contribution in [3.05, 3.63) is 35.9 Å². The van der Waals surface area contributed by atoms with Crippen LogP contribution in [0, 0.1) is 0 Å². The summed E-state index contributed by atoms with van der Waals surface area (Å²) in [6.07, 6.45) is -0.148. The van der Waals surface area contributed by atoms with Crippen LogP contribution in [0.15, 0.2) is 35.5 Å². The molecule has 5 heteroatoms. The van der Waals surface area contributed by atoms with E-state index in [0.29, 0.717) is 5.84 Å². The van der Waals surface area contributed by atoms with Crippen molar-refractivity contribution in [1.82, 2.24) is 5.32 Å². The highest BCUT2D eigenvalue weighted by molar-refractivity contribution is 8.15. The van der Waals surface area contributed by atoms with Gasteiger partial charge >= 0.3 is 0 Å². The second-order valence-corrected chi connectivity index (χ2v) is 4.48. The van der Waals surface area contributed by atoms with Crippen LogP contribution < -0.4 is 5.32 Å². The number of rotatable bonds is 1. The third kappa shape index (κ3) is 1.39. The van der Waals surface area contributed by atoms with Crippen molar-refractivity contribution in [1.29, 1.82) is 0 Å². The number of nitrogens with one attached hydrogen (secondary N) is 1. The first-order valence-corrected chi connectivity index (χ1v) is 5.49. The third-order valence-electron chi connectivity index (χ3n) is 2.40. The molecular formula is C10H8N2O2S. The maximum Gasteiger partial charge on any atom is 0.285 e. The highest BCUT2D eigenvalue weighted by Gasteiger charge is 2.43. The van der Waals surface area contributed by atoms with Gasteiger partial charge in [-0.3, -0.25) is 4.79 Å². The molecule has 1 aromatic carbocycles. The Labute approximate surface area is 90.7 Å². The first kappa shape index (κ1) is 8.79. The van der Waals surface area contributed by atoms with E-state index in [2.05, 4.69) is 10.5 Å². The lowest BCUT2D eigenvalue weighted by molar-refractivity contribution is 0.0882. The van der Waals surface area contributed by atoms with Gasteiger partial charge in [-0.1, -0.05) is 35.5 Å². The molecule has 1 fully saturated rings. The number of thioether (sulfide) groups is 1. The van der Waals surface area contributed by atoms with Crippen LogP contribution in [-0.4, -0.2) is 16.3 Å². The van der Waals surface area contributed by atoms with Gasteiger partial charge in [-0.25, -0.2) is 0 Å². The first-order chi connectivity index (χ1) is 7.34. The molecule has 0 aromatic heterocycles. The number of benzene rings is 1. The topological polar surface area (TPSA) is 50.7 Å². The predicted molar refractivity (Wildman–Crippen MR) is 57.6 cm³/mol. The average molecular weight is 220 g/mol. The molecule has 2 aliphatic rings. The zero-order valence-electron chi connectivity index (χ0n) is 7.71. The fourth-order valence-electron chi connectivity index (χ4n) is 1.70. The Morgan fingerprint density at radius 3 is 2.93 bits per heavy atom. The number of oxime groups is 1. The molecule has 15 heavy (non-hydrogen) atoms. The molecule has 0 radical (unpaired) electrons. The van der Waals surface area contributed by atoms with E-state index in [-0.39, 0.29) is 16.6 Å². The summed E-state index contributed by atoms with van der Waals surface area (Å²) in [7, 11) is 0. The van der Waals surface area contributed by atoms with E-state index >= 15 is 0 Å². The lowest BCUT2D eigenvalue weighted by atomic mass is 10.1. The van der Waals surface area contributed by atoms with E-state index in [1.54, 1.807) is 0 Å². The van der Waals surface area contributed by atoms with Crippen LogP contribution in [0.1, 0.15) is 11.7 Å². The van der Waals surface area contributed by atoms with Crippen molar-refractivity contribution >= 4 is 22.8 Å². The highest BCUT2D eigenvalue weighted by Crippen LogP contribution is 2.38. The minimum absolute atomic E-state index is 0.0140. The standard InChI is InChI=1S/C10H8N2O2S/c13-10-11-9-8(15-10)7(14-12-9)6-4-2-1-3-5-6/h1-5,7-8H,(H,11,12,13)/t7-,8-/m1/s1. The van der Waals surface area contributed by atoms with Gasteiger partial charge in [0.25, 0.3) is 5.24 Å². The third-order valence-corrected chi connectivity index (χ3v) is 3.44. The first-order valence-electron chi connectivity index (χ1n) is 4.61. The monoisotopic (exact) mass is 220 g/mol. The summed E-state index contributed by atoms with van der Waals surface area (Å²) >= 11 is 1.23. The average Bonchev–Trinajstić information content (AvgIpc) is 2.77. The summed E-state index contributed by atoms with van der Waals surface area (Å²) in [6, 6.07) is 9.81. The SMILES string of the molecule is O=C1NC2=NO[C@H](c3ccccc3)[C@H]2S1. The summed E-state index contributed by atoms with van der Waals surface area (Å²) in [5, 5.41) is 6.47. The van der Waals surface area contributed by atoms with E-state index in [1.165, 1.54) is 11.8 Å². The summed E-state index contributed by atoms with van der Waals surface area (Å²) in [4.78, 5) is 16.5. The van der Waals surface area contributed by atoms with Crippen LogP contribution in [0.4, 0.5) is 4.79 Å². The Bertz CT molecular complexity index is 432. The molecule has 0 aliphatic carbocycles. The number of carbonyl (C=O) groups is 1. The largest absolute Gasteiger partial charge is 0.384 e. The molecule has 0 saturated carbocycles. The fraction of sp³-hybridized carbons (Fsp3) is 0.200. The van der Waals surface area contributed by atoms with Gasteiger partial charge in [0.2, 0.25) is 0 Å². The predicted octanol–water partition coefficient (Wildman–Crippen LogP) is 1.90. The molecule has 1 amide bonds. The van der Waals surface area contributed by atoms with Crippen LogP contribution in [0.2, 0.25) is 0 Å². The molecular weight excluding hydrogens is 212 g/mol. The molecule has 2 aliphatic heterocycles. The van der Waals surface area contributed by atoms with E-state index in [1.807, 2.05) is 30.3 Å². The number of carbonyl (C=O) groups excluding carboxylic acids is 1. The van der Waals surface area contributed by atoms with Crippen LogP contribution in [-0.2, 0) is 4.84 Å². The Hall–Kier alpha value is -1.49. The molecule has 2 heterocycles. The number of amidine groups is 1. The Balaban J connectivity index is 1.90. The molecule has 3 rings (SSSR count). The van der Waals surface area contributed by atoms with Crippen LogP contribution in [0.3, 0.4) is 0 Å². The van der Waals surface area contributed by atoms with Crippen molar-refractivity contribution in [2.45, 2.75) is 11.4 Å². The van der Waals surface area contributed by atoms with Gasteiger partial charge < -0.3 is 10.2 Å². The normalized spacial score (nSPS) is 28.0. The molecule has 0 bridgehead atoms. The second kappa shape index (κ2) is 3.27. The Kier molecular flexibility index (Phi) is 1.92.